The summed E-state index contributed by atoms with van der Waals surface area (Å²) in [6, 6.07) is 0. The molecule has 0 aliphatic carbocycles. The van der Waals surface area contributed by atoms with Gasteiger partial charge in [0.05, 0.1) is 6.61 Å². The van der Waals surface area contributed by atoms with Crippen LogP contribution in [0.1, 0.15) is 12.8 Å². The number of rotatable bonds is 4. The van der Waals surface area contributed by atoms with Crippen molar-refractivity contribution in [2.24, 2.45) is 5.92 Å². The Labute approximate surface area is 74.8 Å². The summed E-state index contributed by atoms with van der Waals surface area (Å²) < 4.78 is 0. The molecule has 12 heavy (non-hydrogen) atoms. The summed E-state index contributed by atoms with van der Waals surface area (Å²) in [6.07, 6.45) is 2.64. The van der Waals surface area contributed by atoms with Gasteiger partial charge in [-0.05, 0) is 38.9 Å². The van der Waals surface area contributed by atoms with Crippen LogP contribution in [-0.2, 0) is 0 Å². The molecule has 3 heteroatoms. The molecule has 1 saturated heterocycles. The molecule has 1 aliphatic heterocycles. The Balaban J connectivity index is 2.11. The molecule has 0 aromatic rings. The van der Waals surface area contributed by atoms with Crippen molar-refractivity contribution in [3.05, 3.63) is 0 Å². The summed E-state index contributed by atoms with van der Waals surface area (Å²) in [4.78, 5) is 2.21. The van der Waals surface area contributed by atoms with Crippen LogP contribution in [0.25, 0.3) is 0 Å². The zero-order chi connectivity index (χ0) is 8.81. The fraction of sp³-hybridized carbons (Fsp3) is 1.00. The molecule has 72 valence electrons. The van der Waals surface area contributed by atoms with E-state index in [-0.39, 0.29) is 6.61 Å². The molecule has 1 fully saturated rings. The second kappa shape index (κ2) is 5.51. The molecule has 0 radical (unpaired) electrons. The third-order valence-corrected chi connectivity index (χ3v) is 2.45. The average Bonchev–Trinajstić information content (AvgIpc) is 2.06. The summed E-state index contributed by atoms with van der Waals surface area (Å²) in [7, 11) is 2.07. The average molecular weight is 172 g/mol. The first-order valence-electron chi connectivity index (χ1n) is 4.83. The summed E-state index contributed by atoms with van der Waals surface area (Å²) >= 11 is 0. The second-order valence-corrected chi connectivity index (χ2v) is 3.70. The number of nitrogens with one attached hydrogen (secondary N) is 1. The SMILES string of the molecule is CN(CCO)C[C@@H]1CCCNC1. The van der Waals surface area contributed by atoms with Crippen LogP contribution in [0.5, 0.6) is 0 Å². The van der Waals surface area contributed by atoms with E-state index in [1.165, 1.54) is 19.4 Å². The Morgan fingerprint density at radius 2 is 2.42 bits per heavy atom. The molecule has 0 unspecified atom stereocenters. The molecule has 0 saturated carbocycles. The number of nitrogens with zero attached hydrogens (tertiary/aromatic N) is 1. The highest BCUT2D eigenvalue weighted by Gasteiger charge is 2.14. The molecule has 0 aromatic heterocycles. The Bertz CT molecular complexity index is 113. The third kappa shape index (κ3) is 3.52. The van der Waals surface area contributed by atoms with Crippen molar-refractivity contribution in [1.82, 2.24) is 10.2 Å². The maximum Gasteiger partial charge on any atom is 0.0558 e. The number of aliphatic hydroxyl groups excluding tert-OH is 1. The van der Waals surface area contributed by atoms with Crippen LogP contribution < -0.4 is 5.32 Å². The summed E-state index contributed by atoms with van der Waals surface area (Å²) in [5, 5.41) is 12.1. The predicted molar refractivity (Wildman–Crippen MR) is 50.2 cm³/mol. The Hall–Kier alpha value is -0.120. The van der Waals surface area contributed by atoms with Gasteiger partial charge in [-0.1, -0.05) is 0 Å². The van der Waals surface area contributed by atoms with Gasteiger partial charge in [-0.25, -0.2) is 0 Å². The molecular formula is C9H20N2O. The van der Waals surface area contributed by atoms with Crippen LogP contribution in [0.15, 0.2) is 0 Å². The van der Waals surface area contributed by atoms with E-state index in [9.17, 15) is 0 Å². The van der Waals surface area contributed by atoms with Gasteiger partial charge in [0.15, 0.2) is 0 Å². The molecule has 1 rings (SSSR count). The first kappa shape index (κ1) is 9.96. The van der Waals surface area contributed by atoms with Crippen molar-refractivity contribution in [2.75, 3.05) is 39.8 Å². The summed E-state index contributed by atoms with van der Waals surface area (Å²) in [6.45, 7) is 4.52. The molecule has 0 bridgehead atoms. The topological polar surface area (TPSA) is 35.5 Å². The fourth-order valence-corrected chi connectivity index (χ4v) is 1.78. The van der Waals surface area contributed by atoms with Crippen LogP contribution in [0.2, 0.25) is 0 Å². The highest BCUT2D eigenvalue weighted by atomic mass is 16.3. The number of piperidine rings is 1. The minimum atomic E-state index is 0.274. The molecule has 1 atom stereocenters. The highest BCUT2D eigenvalue weighted by molar-refractivity contribution is 4.71. The van der Waals surface area contributed by atoms with E-state index < -0.39 is 0 Å². The maximum absolute atomic E-state index is 8.71. The summed E-state index contributed by atoms with van der Waals surface area (Å²) in [5.41, 5.74) is 0. The van der Waals surface area contributed by atoms with Gasteiger partial charge in [0.1, 0.15) is 0 Å². The molecule has 1 aliphatic rings. The van der Waals surface area contributed by atoms with Crippen LogP contribution in [-0.4, -0.2) is 49.8 Å². The molecule has 0 spiro atoms. The third-order valence-electron chi connectivity index (χ3n) is 2.45. The quantitative estimate of drug-likeness (QED) is 0.622. The van der Waals surface area contributed by atoms with Crippen molar-refractivity contribution in [3.63, 3.8) is 0 Å². The van der Waals surface area contributed by atoms with Gasteiger partial charge in [0, 0.05) is 13.1 Å². The van der Waals surface area contributed by atoms with Crippen LogP contribution in [0.3, 0.4) is 0 Å². The molecule has 1 heterocycles. The van der Waals surface area contributed by atoms with Crippen molar-refractivity contribution in [1.29, 1.82) is 0 Å². The van der Waals surface area contributed by atoms with E-state index in [2.05, 4.69) is 17.3 Å². The van der Waals surface area contributed by atoms with Crippen molar-refractivity contribution in [2.45, 2.75) is 12.8 Å². The fourth-order valence-electron chi connectivity index (χ4n) is 1.78. The van der Waals surface area contributed by atoms with Crippen LogP contribution in [0.4, 0.5) is 0 Å². The minimum absolute atomic E-state index is 0.274. The second-order valence-electron chi connectivity index (χ2n) is 3.70. The largest absolute Gasteiger partial charge is 0.395 e. The number of hydrogen-bond acceptors (Lipinski definition) is 3. The highest BCUT2D eigenvalue weighted by Crippen LogP contribution is 2.10. The van der Waals surface area contributed by atoms with E-state index in [0.717, 1.165) is 25.6 Å². The number of hydrogen-bond donors (Lipinski definition) is 2. The zero-order valence-electron chi connectivity index (χ0n) is 7.92. The standard InChI is InChI=1S/C9H20N2O/c1-11(5-6-12)8-9-3-2-4-10-7-9/h9-10,12H,2-8H2,1H3/t9-/m1/s1. The van der Waals surface area contributed by atoms with Crippen LogP contribution >= 0.6 is 0 Å². The molecule has 0 aromatic carbocycles. The van der Waals surface area contributed by atoms with Gasteiger partial charge in [0.25, 0.3) is 0 Å². The van der Waals surface area contributed by atoms with Gasteiger partial charge in [-0.3, -0.25) is 0 Å². The Kier molecular flexibility index (Phi) is 4.58. The van der Waals surface area contributed by atoms with Gasteiger partial charge in [0.2, 0.25) is 0 Å². The van der Waals surface area contributed by atoms with Gasteiger partial charge in [-0.15, -0.1) is 0 Å². The first-order valence-corrected chi connectivity index (χ1v) is 4.83. The van der Waals surface area contributed by atoms with Crippen LogP contribution in [0, 0.1) is 5.92 Å². The molecule has 2 N–H and O–H groups in total. The lowest BCUT2D eigenvalue weighted by molar-refractivity contribution is 0.190. The zero-order valence-corrected chi connectivity index (χ0v) is 7.92. The number of aliphatic hydroxyl groups is 1. The first-order chi connectivity index (χ1) is 5.83. The van der Waals surface area contributed by atoms with E-state index in [1.54, 1.807) is 0 Å². The van der Waals surface area contributed by atoms with Gasteiger partial charge >= 0.3 is 0 Å². The number of likely N-dealkylation sites (N-methyl/N-ethyl adjacent to an activating group) is 1. The van der Waals surface area contributed by atoms with E-state index in [1.807, 2.05) is 0 Å². The van der Waals surface area contributed by atoms with Crippen molar-refractivity contribution >= 4 is 0 Å². The Morgan fingerprint density at radius 3 is 3.00 bits per heavy atom. The lowest BCUT2D eigenvalue weighted by atomic mass is 9.99. The van der Waals surface area contributed by atoms with Gasteiger partial charge < -0.3 is 15.3 Å². The predicted octanol–water partition coefficient (Wildman–Crippen LogP) is -0.0899. The lowest BCUT2D eigenvalue weighted by Crippen LogP contribution is -2.37. The smallest absolute Gasteiger partial charge is 0.0558 e. The summed E-state index contributed by atoms with van der Waals surface area (Å²) in [5.74, 6) is 0.787. The van der Waals surface area contributed by atoms with E-state index >= 15 is 0 Å². The maximum atomic E-state index is 8.71. The molecular weight excluding hydrogens is 152 g/mol. The Morgan fingerprint density at radius 1 is 1.58 bits per heavy atom. The molecule has 3 nitrogen and oxygen atoms in total. The van der Waals surface area contributed by atoms with E-state index in [4.69, 9.17) is 5.11 Å². The van der Waals surface area contributed by atoms with Crippen molar-refractivity contribution in [3.8, 4) is 0 Å². The minimum Gasteiger partial charge on any atom is -0.395 e. The van der Waals surface area contributed by atoms with Crippen molar-refractivity contribution < 1.29 is 5.11 Å². The van der Waals surface area contributed by atoms with E-state index in [0.29, 0.717) is 0 Å². The lowest BCUT2D eigenvalue weighted by Gasteiger charge is -2.27. The normalized spacial score (nSPS) is 24.8. The van der Waals surface area contributed by atoms with Gasteiger partial charge in [-0.2, -0.15) is 0 Å². The monoisotopic (exact) mass is 172 g/mol. The molecule has 0 amide bonds.